The van der Waals surface area contributed by atoms with Crippen molar-refractivity contribution in [2.24, 2.45) is 5.73 Å². The number of nitrogens with one attached hydrogen (secondary N) is 1. The third-order valence-corrected chi connectivity index (χ3v) is 2.62. The van der Waals surface area contributed by atoms with Crippen LogP contribution in [0.3, 0.4) is 0 Å². The number of nitrogens with zero attached hydrogens (tertiary/aromatic N) is 1. The van der Waals surface area contributed by atoms with Crippen LogP contribution in [0.25, 0.3) is 5.69 Å². The summed E-state index contributed by atoms with van der Waals surface area (Å²) in [5, 5.41) is 11.5. The maximum Gasteiger partial charge on any atom is 0.320 e. The van der Waals surface area contributed by atoms with E-state index < -0.39 is 12.0 Å². The van der Waals surface area contributed by atoms with Crippen molar-refractivity contribution in [3.63, 3.8) is 0 Å². The molecule has 0 amide bonds. The van der Waals surface area contributed by atoms with Crippen LogP contribution in [-0.2, 0) is 11.2 Å². The van der Waals surface area contributed by atoms with E-state index in [1.165, 1.54) is 10.9 Å². The van der Waals surface area contributed by atoms with Crippen molar-refractivity contribution in [1.29, 1.82) is 0 Å². The first-order chi connectivity index (χ1) is 8.59. The highest BCUT2D eigenvalue weighted by atomic mass is 16.4. The summed E-state index contributed by atoms with van der Waals surface area (Å²) in [4.78, 5) is 22.7. The van der Waals surface area contributed by atoms with Crippen LogP contribution in [0.1, 0.15) is 5.56 Å². The van der Waals surface area contributed by atoms with Gasteiger partial charge >= 0.3 is 5.97 Å². The minimum Gasteiger partial charge on any atom is -0.480 e. The monoisotopic (exact) mass is 247 g/mol. The molecule has 18 heavy (non-hydrogen) atoms. The lowest BCUT2D eigenvalue weighted by atomic mass is 10.1. The first-order valence-corrected chi connectivity index (χ1v) is 5.42. The second kappa shape index (κ2) is 4.89. The third-order valence-electron chi connectivity index (χ3n) is 2.62. The number of aromatic amines is 1. The number of carboxylic acids is 1. The lowest BCUT2D eigenvalue weighted by molar-refractivity contribution is -0.138. The Kier molecular flexibility index (Phi) is 3.29. The molecule has 1 heterocycles. The molecule has 1 aromatic carbocycles. The molecule has 0 aliphatic rings. The first-order valence-electron chi connectivity index (χ1n) is 5.42. The van der Waals surface area contributed by atoms with E-state index in [1.54, 1.807) is 12.1 Å². The zero-order valence-corrected chi connectivity index (χ0v) is 9.54. The highest BCUT2D eigenvalue weighted by Gasteiger charge is 2.16. The quantitative estimate of drug-likeness (QED) is 0.714. The molecule has 0 bridgehead atoms. The van der Waals surface area contributed by atoms with Gasteiger partial charge in [-0.05, 0) is 12.1 Å². The molecule has 6 heteroatoms. The zero-order chi connectivity index (χ0) is 13.1. The Labute approximate surface area is 103 Å². The van der Waals surface area contributed by atoms with Crippen molar-refractivity contribution in [1.82, 2.24) is 9.78 Å². The molecule has 0 aliphatic carbocycles. The van der Waals surface area contributed by atoms with E-state index in [0.717, 1.165) is 0 Å². The van der Waals surface area contributed by atoms with Gasteiger partial charge in [-0.2, -0.15) is 0 Å². The maximum atomic E-state index is 12.0. The van der Waals surface area contributed by atoms with Crippen molar-refractivity contribution < 1.29 is 9.90 Å². The summed E-state index contributed by atoms with van der Waals surface area (Å²) in [5.74, 6) is -1.12. The first kappa shape index (κ1) is 12.1. The van der Waals surface area contributed by atoms with Crippen LogP contribution in [0.4, 0.5) is 0 Å². The van der Waals surface area contributed by atoms with Crippen molar-refractivity contribution in [2.75, 3.05) is 0 Å². The maximum absolute atomic E-state index is 12.0. The minimum atomic E-state index is -1.12. The summed E-state index contributed by atoms with van der Waals surface area (Å²) in [5.41, 5.74) is 6.17. The lowest BCUT2D eigenvalue weighted by Gasteiger charge is -2.02. The number of carboxylic acid groups (broad SMARTS) is 1. The molecule has 0 radical (unpaired) electrons. The van der Waals surface area contributed by atoms with E-state index >= 15 is 0 Å². The molecule has 0 saturated carbocycles. The summed E-state index contributed by atoms with van der Waals surface area (Å²) >= 11 is 0. The molecule has 0 saturated heterocycles. The van der Waals surface area contributed by atoms with Gasteiger partial charge in [-0.15, -0.1) is 0 Å². The van der Waals surface area contributed by atoms with Crippen LogP contribution in [0.15, 0.2) is 41.3 Å². The topological polar surface area (TPSA) is 101 Å². The lowest BCUT2D eigenvalue weighted by Crippen LogP contribution is -2.34. The summed E-state index contributed by atoms with van der Waals surface area (Å²) in [7, 11) is 0. The summed E-state index contributed by atoms with van der Waals surface area (Å²) in [6, 6.07) is 7.95. The Morgan fingerprint density at radius 3 is 2.67 bits per heavy atom. The van der Waals surface area contributed by atoms with Gasteiger partial charge in [0.25, 0.3) is 5.56 Å². The molecule has 4 N–H and O–H groups in total. The average molecular weight is 247 g/mol. The fourth-order valence-electron chi connectivity index (χ4n) is 1.65. The number of hydrogen-bond donors (Lipinski definition) is 3. The van der Waals surface area contributed by atoms with Gasteiger partial charge in [0.2, 0.25) is 0 Å². The highest BCUT2D eigenvalue weighted by molar-refractivity contribution is 5.73. The largest absolute Gasteiger partial charge is 0.480 e. The molecule has 0 spiro atoms. The van der Waals surface area contributed by atoms with Gasteiger partial charge in [-0.25, -0.2) is 4.68 Å². The van der Waals surface area contributed by atoms with Gasteiger partial charge in [0, 0.05) is 18.2 Å². The van der Waals surface area contributed by atoms with Gasteiger partial charge in [0.1, 0.15) is 6.04 Å². The predicted molar refractivity (Wildman–Crippen MR) is 65.7 cm³/mol. The van der Waals surface area contributed by atoms with Crippen molar-refractivity contribution >= 4 is 5.97 Å². The fraction of sp³-hybridized carbons (Fsp3) is 0.167. The number of H-pyrrole nitrogens is 1. The van der Waals surface area contributed by atoms with E-state index in [9.17, 15) is 9.59 Å². The second-order valence-electron chi connectivity index (χ2n) is 3.92. The van der Waals surface area contributed by atoms with Crippen LogP contribution in [-0.4, -0.2) is 26.9 Å². The second-order valence-corrected chi connectivity index (χ2v) is 3.92. The Morgan fingerprint density at radius 2 is 2.06 bits per heavy atom. The molecule has 94 valence electrons. The molecule has 1 atom stereocenters. The summed E-state index contributed by atoms with van der Waals surface area (Å²) < 4.78 is 1.35. The molecular formula is C12H13N3O3. The average Bonchev–Trinajstić information content (AvgIpc) is 2.72. The number of para-hydroxylation sites is 1. The van der Waals surface area contributed by atoms with E-state index in [2.05, 4.69) is 5.10 Å². The van der Waals surface area contributed by atoms with Crippen LogP contribution in [0, 0.1) is 0 Å². The number of carbonyl (C=O) groups is 1. The normalized spacial score (nSPS) is 12.3. The zero-order valence-electron chi connectivity index (χ0n) is 9.54. The minimum absolute atomic E-state index is 0.00446. The fourth-order valence-corrected chi connectivity index (χ4v) is 1.65. The number of benzene rings is 1. The van der Waals surface area contributed by atoms with E-state index in [4.69, 9.17) is 10.8 Å². The molecule has 2 rings (SSSR count). The number of aromatic nitrogens is 2. The van der Waals surface area contributed by atoms with Crippen LogP contribution >= 0.6 is 0 Å². The molecular weight excluding hydrogens is 234 g/mol. The third kappa shape index (κ3) is 2.33. The number of rotatable bonds is 4. The van der Waals surface area contributed by atoms with Crippen LogP contribution in [0.2, 0.25) is 0 Å². The van der Waals surface area contributed by atoms with E-state index in [1.807, 2.05) is 18.2 Å². The van der Waals surface area contributed by atoms with Gasteiger partial charge < -0.3 is 10.8 Å². The molecule has 6 nitrogen and oxygen atoms in total. The van der Waals surface area contributed by atoms with Gasteiger partial charge in [0.05, 0.1) is 5.69 Å². The Bertz CT molecular complexity index is 601. The molecule has 0 fully saturated rings. The summed E-state index contributed by atoms with van der Waals surface area (Å²) in [6.07, 6.45) is 1.49. The molecule has 2 aromatic rings. The molecule has 1 aromatic heterocycles. The summed E-state index contributed by atoms with van der Waals surface area (Å²) in [6.45, 7) is 0. The predicted octanol–water partition coefficient (Wildman–Crippen LogP) is 0.120. The standard InChI is InChI=1S/C12H13N3O3/c13-10(12(17)18)6-8-7-14-15(11(8)16)9-4-2-1-3-5-9/h1-5,7,10,14H,6,13H2,(H,17,18)/t10-/m0/s1. The van der Waals surface area contributed by atoms with E-state index in [0.29, 0.717) is 11.3 Å². The number of nitrogens with two attached hydrogens (primary N) is 1. The highest BCUT2D eigenvalue weighted by Crippen LogP contribution is 2.04. The van der Waals surface area contributed by atoms with Crippen LogP contribution < -0.4 is 11.3 Å². The van der Waals surface area contributed by atoms with Crippen LogP contribution in [0.5, 0.6) is 0 Å². The SMILES string of the molecule is N[C@@H](Cc1c[nH]n(-c2ccccc2)c1=O)C(=O)O. The Hall–Kier alpha value is -2.34. The smallest absolute Gasteiger partial charge is 0.320 e. The number of hydrogen-bond acceptors (Lipinski definition) is 3. The van der Waals surface area contributed by atoms with Crippen molar-refractivity contribution in [2.45, 2.75) is 12.5 Å². The van der Waals surface area contributed by atoms with Crippen molar-refractivity contribution in [3.05, 3.63) is 52.4 Å². The Balaban J connectivity index is 2.30. The Morgan fingerprint density at radius 1 is 1.39 bits per heavy atom. The van der Waals surface area contributed by atoms with Gasteiger partial charge in [-0.3, -0.25) is 14.7 Å². The molecule has 0 aliphatic heterocycles. The van der Waals surface area contributed by atoms with E-state index in [-0.39, 0.29) is 12.0 Å². The van der Waals surface area contributed by atoms with Gasteiger partial charge in [-0.1, -0.05) is 18.2 Å². The van der Waals surface area contributed by atoms with Gasteiger partial charge in [0.15, 0.2) is 0 Å². The number of aliphatic carboxylic acids is 1. The molecule has 0 unspecified atom stereocenters. The van der Waals surface area contributed by atoms with Crippen molar-refractivity contribution in [3.8, 4) is 5.69 Å².